The van der Waals surface area contributed by atoms with Crippen molar-refractivity contribution in [3.63, 3.8) is 0 Å². The van der Waals surface area contributed by atoms with Gasteiger partial charge in [-0.15, -0.1) is 6.58 Å². The van der Waals surface area contributed by atoms with Crippen molar-refractivity contribution in [2.24, 2.45) is 0 Å². The van der Waals surface area contributed by atoms with Gasteiger partial charge in [-0.1, -0.05) is 12.1 Å². The molecule has 0 aliphatic rings. The van der Waals surface area contributed by atoms with Crippen LogP contribution in [0, 0.1) is 6.92 Å². The van der Waals surface area contributed by atoms with Crippen LogP contribution in [0.3, 0.4) is 0 Å². The van der Waals surface area contributed by atoms with Crippen molar-refractivity contribution in [1.29, 1.82) is 0 Å². The Morgan fingerprint density at radius 1 is 1.50 bits per heavy atom. The van der Waals surface area contributed by atoms with E-state index in [4.69, 9.17) is 10.7 Å². The Bertz CT molecular complexity index is 600. The molecule has 0 heterocycles. The number of aryl methyl sites for hydroxylation is 1. The van der Waals surface area contributed by atoms with E-state index in [0.717, 1.165) is 11.5 Å². The minimum atomic E-state index is -3.83. The van der Waals surface area contributed by atoms with Gasteiger partial charge in [0.25, 0.3) is 15.0 Å². The summed E-state index contributed by atoms with van der Waals surface area (Å²) in [5.74, 6) is 1.29. The van der Waals surface area contributed by atoms with Crippen molar-refractivity contribution in [3.05, 3.63) is 42.0 Å². The second kappa shape index (κ2) is 7.71. The van der Waals surface area contributed by atoms with Crippen LogP contribution >= 0.6 is 22.4 Å². The molecule has 0 fully saturated rings. The number of halogens is 1. The molecule has 0 bridgehead atoms. The summed E-state index contributed by atoms with van der Waals surface area (Å²) in [5.41, 5.74) is 1.02. The second-order valence-electron chi connectivity index (χ2n) is 4.03. The Hall–Kier alpha value is -0.980. The molecule has 0 aromatic heterocycles. The zero-order valence-corrected chi connectivity index (χ0v) is 13.4. The average molecular weight is 334 g/mol. The van der Waals surface area contributed by atoms with E-state index in [0.29, 0.717) is 17.7 Å². The van der Waals surface area contributed by atoms with Gasteiger partial charge in [-0.2, -0.15) is 11.8 Å². The highest BCUT2D eigenvalue weighted by Gasteiger charge is 2.15. The van der Waals surface area contributed by atoms with Gasteiger partial charge in [-0.25, -0.2) is 8.42 Å². The van der Waals surface area contributed by atoms with Crippen LogP contribution in [0.25, 0.3) is 0 Å². The third kappa shape index (κ3) is 5.19. The summed E-state index contributed by atoms with van der Waals surface area (Å²) in [7, 11) is 1.45. The number of rotatable bonds is 7. The maximum atomic E-state index is 12.0. The van der Waals surface area contributed by atoms with Gasteiger partial charge in [0.2, 0.25) is 0 Å². The molecule has 0 spiro atoms. The average Bonchev–Trinajstić information content (AvgIpc) is 2.37. The molecule has 0 unspecified atom stereocenters. The highest BCUT2D eigenvalue weighted by molar-refractivity contribution is 8.13. The summed E-state index contributed by atoms with van der Waals surface area (Å²) >= 11 is 1.65. The molecule has 1 aromatic carbocycles. The predicted molar refractivity (Wildman–Crippen MR) is 84.1 cm³/mol. The number of nitrogens with one attached hydrogen (secondary N) is 1. The molecule has 110 valence electrons. The molecule has 0 aliphatic heterocycles. The summed E-state index contributed by atoms with van der Waals surface area (Å²) in [5, 5.41) is 2.75. The molecule has 1 rings (SSSR count). The predicted octanol–water partition coefficient (Wildman–Crippen LogP) is 2.57. The number of benzene rings is 1. The minimum Gasteiger partial charge on any atom is -0.351 e. The summed E-state index contributed by atoms with van der Waals surface area (Å²) in [4.78, 5) is 11.9. The molecule has 0 saturated heterocycles. The van der Waals surface area contributed by atoms with E-state index in [1.807, 2.05) is 0 Å². The molecule has 4 nitrogen and oxygen atoms in total. The fourth-order valence-electron chi connectivity index (χ4n) is 1.50. The maximum Gasteiger partial charge on any atom is 0.261 e. The lowest BCUT2D eigenvalue weighted by atomic mass is 10.1. The van der Waals surface area contributed by atoms with Crippen LogP contribution in [0.1, 0.15) is 15.9 Å². The Balaban J connectivity index is 2.75. The Labute approximate surface area is 128 Å². The van der Waals surface area contributed by atoms with Gasteiger partial charge in [0.1, 0.15) is 0 Å². The standard InChI is InChI=1S/C13H16ClNO3S2/c1-3-7-19-8-6-15-13(16)12-9-11(20(14,17)18)5-4-10(12)2/h3-5,9H,1,6-8H2,2H3,(H,15,16). The third-order valence-corrected chi connectivity index (χ3v) is 4.82. The first-order valence-corrected chi connectivity index (χ1v) is 9.35. The van der Waals surface area contributed by atoms with Crippen molar-refractivity contribution in [3.8, 4) is 0 Å². The van der Waals surface area contributed by atoms with Crippen LogP contribution in [0.4, 0.5) is 0 Å². The third-order valence-electron chi connectivity index (χ3n) is 2.50. The molecule has 1 aromatic rings. The molecular formula is C13H16ClNO3S2. The van der Waals surface area contributed by atoms with Crippen LogP contribution in [-0.2, 0) is 9.05 Å². The summed E-state index contributed by atoms with van der Waals surface area (Å²) in [6.07, 6.45) is 1.80. The molecule has 7 heteroatoms. The van der Waals surface area contributed by atoms with Gasteiger partial charge in [-0.3, -0.25) is 4.79 Å². The highest BCUT2D eigenvalue weighted by atomic mass is 35.7. The van der Waals surface area contributed by atoms with E-state index in [1.54, 1.807) is 30.8 Å². The van der Waals surface area contributed by atoms with E-state index in [1.165, 1.54) is 12.1 Å². The largest absolute Gasteiger partial charge is 0.351 e. The van der Waals surface area contributed by atoms with E-state index in [-0.39, 0.29) is 10.8 Å². The number of carbonyl (C=O) groups excluding carboxylic acids is 1. The van der Waals surface area contributed by atoms with Crippen molar-refractivity contribution >= 4 is 37.4 Å². The van der Waals surface area contributed by atoms with E-state index in [9.17, 15) is 13.2 Å². The lowest BCUT2D eigenvalue weighted by Crippen LogP contribution is -2.26. The molecule has 0 aliphatic carbocycles. The Morgan fingerprint density at radius 3 is 2.80 bits per heavy atom. The SMILES string of the molecule is C=CCSCCNC(=O)c1cc(S(=O)(=O)Cl)ccc1C. The van der Waals surface area contributed by atoms with Crippen molar-refractivity contribution in [1.82, 2.24) is 5.32 Å². The molecular weight excluding hydrogens is 318 g/mol. The van der Waals surface area contributed by atoms with Gasteiger partial charge in [0.15, 0.2) is 0 Å². The lowest BCUT2D eigenvalue weighted by Gasteiger charge is -2.08. The molecule has 0 radical (unpaired) electrons. The summed E-state index contributed by atoms with van der Waals surface area (Å²) < 4.78 is 22.5. The first kappa shape index (κ1) is 17.1. The quantitative estimate of drug-likeness (QED) is 0.473. The topological polar surface area (TPSA) is 63.2 Å². The van der Waals surface area contributed by atoms with Crippen LogP contribution in [0.15, 0.2) is 35.7 Å². The highest BCUT2D eigenvalue weighted by Crippen LogP contribution is 2.19. The molecule has 1 N–H and O–H groups in total. The molecule has 0 saturated carbocycles. The van der Waals surface area contributed by atoms with Crippen molar-refractivity contribution in [2.75, 3.05) is 18.1 Å². The number of hydrogen-bond donors (Lipinski definition) is 1. The Kier molecular flexibility index (Phi) is 6.58. The second-order valence-corrected chi connectivity index (χ2v) is 7.75. The van der Waals surface area contributed by atoms with E-state index >= 15 is 0 Å². The fourth-order valence-corrected chi connectivity index (χ4v) is 2.85. The first-order valence-electron chi connectivity index (χ1n) is 5.88. The van der Waals surface area contributed by atoms with Crippen molar-refractivity contribution in [2.45, 2.75) is 11.8 Å². The minimum absolute atomic E-state index is 0.0732. The van der Waals surface area contributed by atoms with Crippen LogP contribution in [-0.4, -0.2) is 32.4 Å². The number of hydrogen-bond acceptors (Lipinski definition) is 4. The van der Waals surface area contributed by atoms with E-state index < -0.39 is 9.05 Å². The van der Waals surface area contributed by atoms with Crippen LogP contribution in [0.2, 0.25) is 0 Å². The van der Waals surface area contributed by atoms with Gasteiger partial charge in [0, 0.05) is 34.3 Å². The smallest absolute Gasteiger partial charge is 0.261 e. The van der Waals surface area contributed by atoms with Gasteiger partial charge in [-0.05, 0) is 24.6 Å². The zero-order valence-electron chi connectivity index (χ0n) is 11.1. The molecule has 20 heavy (non-hydrogen) atoms. The Morgan fingerprint density at radius 2 is 2.20 bits per heavy atom. The summed E-state index contributed by atoms with van der Waals surface area (Å²) in [6.45, 7) is 5.86. The molecule has 1 amide bonds. The summed E-state index contributed by atoms with van der Waals surface area (Å²) in [6, 6.07) is 4.24. The first-order chi connectivity index (χ1) is 9.36. The lowest BCUT2D eigenvalue weighted by molar-refractivity contribution is 0.0955. The molecule has 0 atom stereocenters. The number of carbonyl (C=O) groups is 1. The maximum absolute atomic E-state index is 12.0. The fraction of sp³-hybridized carbons (Fsp3) is 0.308. The van der Waals surface area contributed by atoms with Crippen LogP contribution < -0.4 is 5.32 Å². The van der Waals surface area contributed by atoms with Crippen molar-refractivity contribution < 1.29 is 13.2 Å². The van der Waals surface area contributed by atoms with Gasteiger partial charge < -0.3 is 5.32 Å². The monoisotopic (exact) mass is 333 g/mol. The van der Waals surface area contributed by atoms with Gasteiger partial charge in [0.05, 0.1) is 4.90 Å². The van der Waals surface area contributed by atoms with E-state index in [2.05, 4.69) is 11.9 Å². The number of thioether (sulfide) groups is 1. The van der Waals surface area contributed by atoms with Gasteiger partial charge >= 0.3 is 0 Å². The number of amides is 1. The normalized spacial score (nSPS) is 11.1. The zero-order chi connectivity index (χ0) is 15.2. The van der Waals surface area contributed by atoms with Crippen LogP contribution in [0.5, 0.6) is 0 Å².